The molecule has 4 aromatic heterocycles. The van der Waals surface area contributed by atoms with Crippen LogP contribution in [0.25, 0.3) is 39.7 Å². The first kappa shape index (κ1) is 31.0. The molecule has 0 N–H and O–H groups in total. The van der Waals surface area contributed by atoms with E-state index in [1.165, 1.54) is 106 Å². The van der Waals surface area contributed by atoms with E-state index in [1.54, 1.807) is 0 Å². The van der Waals surface area contributed by atoms with Crippen LogP contribution in [0.1, 0.15) is 66.8 Å². The van der Waals surface area contributed by atoms with E-state index in [-0.39, 0.29) is 0 Å². The van der Waals surface area contributed by atoms with E-state index in [0.717, 1.165) is 0 Å². The van der Waals surface area contributed by atoms with E-state index < -0.39 is 10.8 Å². The second kappa shape index (κ2) is 11.0. The van der Waals surface area contributed by atoms with Crippen molar-refractivity contribution in [3.63, 3.8) is 0 Å². The van der Waals surface area contributed by atoms with Gasteiger partial charge in [0.15, 0.2) is 0 Å². The Morgan fingerprint density at radius 1 is 0.385 bits per heavy atom. The van der Waals surface area contributed by atoms with Gasteiger partial charge in [-0.25, -0.2) is 0 Å². The molecule has 2 aliphatic carbocycles. The van der Waals surface area contributed by atoms with Crippen molar-refractivity contribution in [3.8, 4) is 20.9 Å². The lowest BCUT2D eigenvalue weighted by molar-refractivity contribution is 0.765. The second-order valence-electron chi connectivity index (χ2n) is 14.8. The highest BCUT2D eigenvalue weighted by atomic mass is 32.2. The van der Waals surface area contributed by atoms with Crippen LogP contribution in [0.15, 0.2) is 132 Å². The predicted molar refractivity (Wildman–Crippen MR) is 227 cm³/mol. The topological polar surface area (TPSA) is 0 Å². The van der Waals surface area contributed by atoms with Crippen molar-refractivity contribution in [1.29, 1.82) is 0 Å². The zero-order valence-corrected chi connectivity index (χ0v) is 32.6. The summed E-state index contributed by atoms with van der Waals surface area (Å²) in [7, 11) is 0. The van der Waals surface area contributed by atoms with Crippen LogP contribution < -0.4 is 0 Å². The highest BCUT2D eigenvalue weighted by molar-refractivity contribution is 7.39. The molecule has 9 aromatic rings. The molecular weight excluding hydrogens is 705 g/mol. The van der Waals surface area contributed by atoms with Crippen LogP contribution in [0.2, 0.25) is 0 Å². The van der Waals surface area contributed by atoms with Crippen molar-refractivity contribution < 1.29 is 0 Å². The van der Waals surface area contributed by atoms with Crippen LogP contribution in [0.5, 0.6) is 0 Å². The lowest BCUT2D eigenvalue weighted by atomic mass is 9.65. The fourth-order valence-corrected chi connectivity index (χ4v) is 14.1. The molecule has 0 unspecified atom stereocenters. The minimum Gasteiger partial charge on any atom is -0.133 e. The lowest BCUT2D eigenvalue weighted by Gasteiger charge is -2.36. The molecule has 0 saturated carbocycles. The number of thiophene rings is 4. The Morgan fingerprint density at radius 3 is 1.00 bits per heavy atom. The largest absolute Gasteiger partial charge is 0.133 e. The molecule has 0 aliphatic heterocycles. The maximum Gasteiger partial charge on any atom is 0.0874 e. The van der Waals surface area contributed by atoms with Crippen molar-refractivity contribution in [2.75, 3.05) is 0 Å². The standard InChI is InChI=1S/C48H34S4/c1-27-5-13-31(14-6-27)47(32-15-7-28(2)8-16-32)39-25-38-40(26-37(39)43-41(47)35-21-23-49-45(35)51-43)48(33-17-9-29(3)10-18-33,34-19-11-30(4)12-20-34)42-36-22-24-50-46(36)52-44(38)42/h5-26H,1-4H3. The molecule has 4 heterocycles. The van der Waals surface area contributed by atoms with Crippen LogP contribution in [0, 0.1) is 27.7 Å². The first-order chi connectivity index (χ1) is 25.4. The van der Waals surface area contributed by atoms with Gasteiger partial charge in [0.1, 0.15) is 0 Å². The van der Waals surface area contributed by atoms with E-state index in [4.69, 9.17) is 0 Å². The van der Waals surface area contributed by atoms with Crippen LogP contribution in [-0.4, -0.2) is 0 Å². The molecule has 52 heavy (non-hydrogen) atoms. The fourth-order valence-electron chi connectivity index (χ4n) is 9.39. The third-order valence-electron chi connectivity index (χ3n) is 11.8. The number of rotatable bonds is 4. The van der Waals surface area contributed by atoms with E-state index >= 15 is 0 Å². The summed E-state index contributed by atoms with van der Waals surface area (Å²) in [4.78, 5) is 2.83. The van der Waals surface area contributed by atoms with Gasteiger partial charge in [0, 0.05) is 20.5 Å². The summed E-state index contributed by atoms with van der Waals surface area (Å²) in [6.45, 7) is 8.80. The Balaban J connectivity index is 1.33. The molecule has 4 heteroatoms. The second-order valence-corrected chi connectivity index (χ2v) is 19.2. The van der Waals surface area contributed by atoms with E-state index in [0.29, 0.717) is 0 Å². The first-order valence-corrected chi connectivity index (χ1v) is 21.3. The zero-order chi connectivity index (χ0) is 34.9. The van der Waals surface area contributed by atoms with Crippen molar-refractivity contribution in [1.82, 2.24) is 0 Å². The molecule has 0 radical (unpaired) electrons. The average molecular weight is 739 g/mol. The summed E-state index contributed by atoms with van der Waals surface area (Å²) in [6.07, 6.45) is 0. The van der Waals surface area contributed by atoms with Gasteiger partial charge >= 0.3 is 0 Å². The van der Waals surface area contributed by atoms with Gasteiger partial charge in [0.25, 0.3) is 0 Å². The molecule has 0 spiro atoms. The minimum absolute atomic E-state index is 0.450. The number of aryl methyl sites for hydroxylation is 4. The molecule has 0 amide bonds. The molecule has 0 fully saturated rings. The van der Waals surface area contributed by atoms with Crippen molar-refractivity contribution >= 4 is 64.1 Å². The summed E-state index contributed by atoms with van der Waals surface area (Å²) in [5.41, 5.74) is 18.0. The van der Waals surface area contributed by atoms with Gasteiger partial charge in [0.2, 0.25) is 0 Å². The molecule has 0 bridgehead atoms. The van der Waals surface area contributed by atoms with Crippen molar-refractivity contribution in [2.24, 2.45) is 0 Å². The highest BCUT2D eigenvalue weighted by Gasteiger charge is 2.53. The molecule has 0 nitrogen and oxygen atoms in total. The number of hydrogen-bond donors (Lipinski definition) is 0. The predicted octanol–water partition coefficient (Wildman–Crippen LogP) is 14.2. The average Bonchev–Trinajstić information content (AvgIpc) is 3.99. The van der Waals surface area contributed by atoms with Gasteiger partial charge in [-0.3, -0.25) is 0 Å². The molecule has 250 valence electrons. The molecule has 2 aliphatic rings. The SMILES string of the molecule is Cc1ccc(C2(c3ccc(C)cc3)c3cc4c(cc3-c3sc5sccc5c32)C(c2ccc(C)cc2)(c2ccc(C)cc2)c2c-4sc3sccc23)cc1. The maximum atomic E-state index is 2.64. The van der Waals surface area contributed by atoms with Gasteiger partial charge in [0.05, 0.1) is 18.9 Å². The van der Waals surface area contributed by atoms with Gasteiger partial charge in [-0.1, -0.05) is 119 Å². The van der Waals surface area contributed by atoms with E-state index in [1.807, 2.05) is 45.3 Å². The van der Waals surface area contributed by atoms with Crippen LogP contribution in [-0.2, 0) is 10.8 Å². The molecule has 0 atom stereocenters. The smallest absolute Gasteiger partial charge is 0.0874 e. The van der Waals surface area contributed by atoms with Crippen molar-refractivity contribution in [3.05, 3.63) is 199 Å². The number of hydrogen-bond acceptors (Lipinski definition) is 4. The normalized spacial score (nSPS) is 14.8. The van der Waals surface area contributed by atoms with E-state index in [9.17, 15) is 0 Å². The summed E-state index contributed by atoms with van der Waals surface area (Å²) >= 11 is 7.73. The zero-order valence-electron chi connectivity index (χ0n) is 29.3. The van der Waals surface area contributed by atoms with E-state index in [2.05, 4.69) is 160 Å². The molecule has 0 saturated heterocycles. The quantitative estimate of drug-likeness (QED) is 0.169. The number of fused-ring (bicyclic) bond motifs is 10. The summed E-state index contributed by atoms with van der Waals surface area (Å²) in [6, 6.07) is 47.6. The first-order valence-electron chi connectivity index (χ1n) is 17.9. The maximum absolute atomic E-state index is 2.64. The van der Waals surface area contributed by atoms with Gasteiger partial charge in [-0.15, -0.1) is 45.3 Å². The molecule has 11 rings (SSSR count). The monoisotopic (exact) mass is 738 g/mol. The molecular formula is C48H34S4. The summed E-state index contributed by atoms with van der Waals surface area (Å²) < 4.78 is 2.81. The minimum atomic E-state index is -0.450. The number of benzene rings is 5. The van der Waals surface area contributed by atoms with Gasteiger partial charge < -0.3 is 0 Å². The third-order valence-corrected chi connectivity index (χ3v) is 16.3. The van der Waals surface area contributed by atoms with Crippen LogP contribution >= 0.6 is 45.3 Å². The Kier molecular flexibility index (Phi) is 6.54. The van der Waals surface area contributed by atoms with Crippen molar-refractivity contribution in [2.45, 2.75) is 38.5 Å². The third kappa shape index (κ3) is 3.91. The Morgan fingerprint density at radius 2 is 0.692 bits per heavy atom. The Hall–Kier alpha value is -4.58. The Labute approximate surface area is 320 Å². The van der Waals surface area contributed by atoms with Gasteiger partial charge in [-0.2, -0.15) is 0 Å². The Bertz CT molecular complexity index is 2560. The summed E-state index contributed by atoms with van der Waals surface area (Å²) in [5.74, 6) is 0. The lowest BCUT2D eigenvalue weighted by Crippen LogP contribution is -2.30. The van der Waals surface area contributed by atoms with Crippen LogP contribution in [0.3, 0.4) is 0 Å². The summed E-state index contributed by atoms with van der Waals surface area (Å²) in [5, 5.41) is 7.35. The van der Waals surface area contributed by atoms with Gasteiger partial charge in [-0.05, 0) is 118 Å². The molecule has 5 aromatic carbocycles. The van der Waals surface area contributed by atoms with Crippen LogP contribution in [0.4, 0.5) is 0 Å². The fraction of sp³-hybridized carbons (Fsp3) is 0.125. The highest BCUT2D eigenvalue weighted by Crippen LogP contribution is 2.67.